The molecule has 0 spiro atoms. The number of ether oxygens (including phenoxy) is 1. The molecule has 0 bridgehead atoms. The fourth-order valence-corrected chi connectivity index (χ4v) is 2.72. The lowest BCUT2D eigenvalue weighted by Crippen LogP contribution is -2.35. The first-order chi connectivity index (χ1) is 11.9. The molecule has 0 atom stereocenters. The molecule has 0 aliphatic heterocycles. The van der Waals surface area contributed by atoms with Crippen LogP contribution in [0.25, 0.3) is 10.8 Å². The maximum Gasteiger partial charge on any atom is 0.392 e. The predicted molar refractivity (Wildman–Crippen MR) is 94.0 cm³/mol. The molecule has 0 saturated carbocycles. The second-order valence-corrected chi connectivity index (χ2v) is 5.64. The molecular formula is C21H17N2O+. The Labute approximate surface area is 140 Å². The molecule has 0 radical (unpaired) electrons. The van der Waals surface area contributed by atoms with Gasteiger partial charge in [-0.3, -0.25) is 0 Å². The van der Waals surface area contributed by atoms with E-state index < -0.39 is 0 Å². The van der Waals surface area contributed by atoms with Crippen molar-refractivity contribution in [2.24, 2.45) is 0 Å². The predicted octanol–water partition coefficient (Wildman–Crippen LogP) is 4.36. The smallest absolute Gasteiger partial charge is 0.392 e. The van der Waals surface area contributed by atoms with Gasteiger partial charge in [-0.15, -0.1) is 0 Å². The van der Waals surface area contributed by atoms with Crippen LogP contribution in [-0.4, -0.2) is 4.98 Å². The van der Waals surface area contributed by atoms with Crippen molar-refractivity contribution in [1.82, 2.24) is 4.98 Å². The molecule has 0 N–H and O–H groups in total. The first kappa shape index (κ1) is 14.4. The first-order valence-electron chi connectivity index (χ1n) is 7.92. The van der Waals surface area contributed by atoms with Gasteiger partial charge in [0.15, 0.2) is 12.7 Å². The first-order valence-corrected chi connectivity index (χ1v) is 7.92. The van der Waals surface area contributed by atoms with Gasteiger partial charge in [-0.2, -0.15) is 4.57 Å². The summed E-state index contributed by atoms with van der Waals surface area (Å²) in [6.45, 7) is 0.742. The van der Waals surface area contributed by atoms with Gasteiger partial charge in [-0.25, -0.2) is 4.98 Å². The van der Waals surface area contributed by atoms with Crippen LogP contribution in [0.1, 0.15) is 5.56 Å². The number of benzene rings is 3. The van der Waals surface area contributed by atoms with Crippen LogP contribution in [0.5, 0.6) is 11.6 Å². The summed E-state index contributed by atoms with van der Waals surface area (Å²) in [5.41, 5.74) is 1.22. The highest BCUT2D eigenvalue weighted by Crippen LogP contribution is 2.23. The lowest BCUT2D eigenvalue weighted by molar-refractivity contribution is -0.692. The molecule has 3 heteroatoms. The third kappa shape index (κ3) is 3.10. The highest BCUT2D eigenvalue weighted by atomic mass is 16.5. The minimum absolute atomic E-state index is 0.719. The number of hydrogen-bond donors (Lipinski definition) is 0. The van der Waals surface area contributed by atoms with Gasteiger partial charge in [-0.05, 0) is 22.9 Å². The molecule has 116 valence electrons. The number of fused-ring (bicyclic) bond motifs is 1. The molecule has 0 saturated heterocycles. The summed E-state index contributed by atoms with van der Waals surface area (Å²) < 4.78 is 8.14. The Hall–Kier alpha value is -3.20. The standard InChI is InChI=1S/C21H17N2O/c1-2-6-17(7-3-1)16-23-13-12-22-15-21(23)24-20-11-10-18-8-4-5-9-19(18)14-20/h1-15H,16H2/q+1. The van der Waals surface area contributed by atoms with Crippen molar-refractivity contribution in [2.45, 2.75) is 6.54 Å². The van der Waals surface area contributed by atoms with Gasteiger partial charge in [0.2, 0.25) is 0 Å². The number of aromatic nitrogens is 2. The molecule has 1 heterocycles. The zero-order valence-electron chi connectivity index (χ0n) is 13.2. The minimum atomic E-state index is 0.719. The van der Waals surface area contributed by atoms with Gasteiger partial charge < -0.3 is 4.74 Å². The Morgan fingerprint density at radius 3 is 2.50 bits per heavy atom. The Morgan fingerprint density at radius 2 is 1.62 bits per heavy atom. The largest absolute Gasteiger partial charge is 0.404 e. The van der Waals surface area contributed by atoms with Crippen LogP contribution >= 0.6 is 0 Å². The molecule has 0 aliphatic carbocycles. The monoisotopic (exact) mass is 313 g/mol. The Bertz CT molecular complexity index is 967. The second kappa shape index (κ2) is 6.50. The maximum atomic E-state index is 6.09. The number of rotatable bonds is 4. The summed E-state index contributed by atoms with van der Waals surface area (Å²) in [6.07, 6.45) is 5.46. The van der Waals surface area contributed by atoms with Gasteiger partial charge in [0.05, 0.1) is 6.20 Å². The van der Waals surface area contributed by atoms with E-state index in [2.05, 4.69) is 45.9 Å². The molecule has 3 nitrogen and oxygen atoms in total. The lowest BCUT2D eigenvalue weighted by atomic mass is 10.1. The molecule has 4 aromatic rings. The number of nitrogens with zero attached hydrogens (tertiary/aromatic N) is 2. The van der Waals surface area contributed by atoms with E-state index in [-0.39, 0.29) is 0 Å². The van der Waals surface area contributed by atoms with E-state index in [0.29, 0.717) is 0 Å². The average molecular weight is 313 g/mol. The molecule has 3 aromatic carbocycles. The van der Waals surface area contributed by atoms with E-state index in [1.54, 1.807) is 12.4 Å². The van der Waals surface area contributed by atoms with Gasteiger partial charge in [0.25, 0.3) is 0 Å². The van der Waals surface area contributed by atoms with Gasteiger partial charge >= 0.3 is 5.88 Å². The lowest BCUT2D eigenvalue weighted by Gasteiger charge is -2.06. The summed E-state index contributed by atoms with van der Waals surface area (Å²) >= 11 is 0. The molecule has 0 aliphatic rings. The highest BCUT2D eigenvalue weighted by Gasteiger charge is 2.13. The number of hydrogen-bond acceptors (Lipinski definition) is 2. The molecule has 0 amide bonds. The summed E-state index contributed by atoms with van der Waals surface area (Å²) in [6, 6.07) is 24.7. The summed E-state index contributed by atoms with van der Waals surface area (Å²) in [5.74, 6) is 1.53. The quantitative estimate of drug-likeness (QED) is 0.523. The van der Waals surface area contributed by atoms with E-state index >= 15 is 0 Å². The fourth-order valence-electron chi connectivity index (χ4n) is 2.72. The van der Waals surface area contributed by atoms with Crippen molar-refractivity contribution in [3.63, 3.8) is 0 Å². The Balaban J connectivity index is 1.64. The average Bonchev–Trinajstić information content (AvgIpc) is 2.64. The van der Waals surface area contributed by atoms with Crippen molar-refractivity contribution in [2.75, 3.05) is 0 Å². The summed E-state index contributed by atoms with van der Waals surface area (Å²) in [5, 5.41) is 2.36. The maximum absolute atomic E-state index is 6.09. The SMILES string of the molecule is c1ccc(C[n+]2ccncc2Oc2ccc3ccccc3c2)cc1. The van der Waals surface area contributed by atoms with Crippen molar-refractivity contribution in [3.05, 3.63) is 97.0 Å². The highest BCUT2D eigenvalue weighted by molar-refractivity contribution is 5.83. The van der Waals surface area contributed by atoms with Crippen molar-refractivity contribution in [3.8, 4) is 11.6 Å². The second-order valence-electron chi connectivity index (χ2n) is 5.64. The normalized spacial score (nSPS) is 10.7. The van der Waals surface area contributed by atoms with Crippen LogP contribution in [0.15, 0.2) is 91.4 Å². The third-order valence-electron chi connectivity index (χ3n) is 3.94. The van der Waals surface area contributed by atoms with Crippen LogP contribution in [0.4, 0.5) is 0 Å². The van der Waals surface area contributed by atoms with E-state index in [1.165, 1.54) is 10.9 Å². The summed E-state index contributed by atoms with van der Waals surface area (Å²) in [4.78, 5) is 4.20. The van der Waals surface area contributed by atoms with Gasteiger partial charge in [0.1, 0.15) is 11.9 Å². The van der Waals surface area contributed by atoms with E-state index in [1.807, 2.05) is 42.6 Å². The fraction of sp³-hybridized carbons (Fsp3) is 0.0476. The molecule has 0 unspecified atom stereocenters. The Morgan fingerprint density at radius 1 is 0.833 bits per heavy atom. The van der Waals surface area contributed by atoms with Gasteiger partial charge in [0, 0.05) is 5.56 Å². The van der Waals surface area contributed by atoms with Crippen LogP contribution in [-0.2, 0) is 6.54 Å². The van der Waals surface area contributed by atoms with E-state index in [4.69, 9.17) is 4.74 Å². The molecule has 4 rings (SSSR count). The van der Waals surface area contributed by atoms with E-state index in [0.717, 1.165) is 23.6 Å². The minimum Gasteiger partial charge on any atom is -0.404 e. The zero-order valence-corrected chi connectivity index (χ0v) is 13.2. The van der Waals surface area contributed by atoms with Crippen molar-refractivity contribution >= 4 is 10.8 Å². The van der Waals surface area contributed by atoms with Crippen LogP contribution in [0.3, 0.4) is 0 Å². The topological polar surface area (TPSA) is 26.0 Å². The van der Waals surface area contributed by atoms with Crippen LogP contribution in [0.2, 0.25) is 0 Å². The van der Waals surface area contributed by atoms with Crippen molar-refractivity contribution in [1.29, 1.82) is 0 Å². The zero-order chi connectivity index (χ0) is 16.2. The van der Waals surface area contributed by atoms with Crippen molar-refractivity contribution < 1.29 is 9.30 Å². The van der Waals surface area contributed by atoms with Crippen LogP contribution < -0.4 is 9.30 Å². The molecule has 0 fully saturated rings. The van der Waals surface area contributed by atoms with E-state index in [9.17, 15) is 0 Å². The molecule has 24 heavy (non-hydrogen) atoms. The van der Waals surface area contributed by atoms with Gasteiger partial charge in [-0.1, -0.05) is 60.7 Å². The van der Waals surface area contributed by atoms with Crippen LogP contribution in [0, 0.1) is 0 Å². The molecule has 1 aromatic heterocycles. The third-order valence-corrected chi connectivity index (χ3v) is 3.94. The molecular weight excluding hydrogens is 296 g/mol. The Kier molecular flexibility index (Phi) is 3.90. The summed E-state index contributed by atoms with van der Waals surface area (Å²) in [7, 11) is 0.